The number of nitrogens with one attached hydrogen (secondary N) is 1. The Morgan fingerprint density at radius 3 is 1.70 bits per heavy atom. The van der Waals surface area contributed by atoms with Gasteiger partial charge in [-0.3, -0.25) is 0 Å². The number of phenolic OH excluding ortho intramolecular Hbond substituents is 1. The molecular weight excluding hydrogens is 876 g/mol. The maximum absolute atomic E-state index is 12.5. The van der Waals surface area contributed by atoms with Gasteiger partial charge in [0.1, 0.15) is 64.7 Å². The van der Waals surface area contributed by atoms with Crippen molar-refractivity contribution >= 4 is 89.2 Å². The van der Waals surface area contributed by atoms with Crippen LogP contribution in [-0.2, 0) is 50.0 Å². The molecule has 20 nitrogen and oxygen atoms in total. The Kier molecular flexibility index (Phi) is 18.3. The Hall–Kier alpha value is -2.15. The number of benzene rings is 4. The zero-order valence-corrected chi connectivity index (χ0v) is 39.5. The Labute approximate surface area is 387 Å². The number of nitrogens with zero attached hydrogens (tertiary/aromatic N) is 4. The van der Waals surface area contributed by atoms with Crippen LogP contribution in [0, 0.1) is 0 Å². The molecule has 282 valence electrons. The van der Waals surface area contributed by atoms with Crippen LogP contribution in [0.2, 0.25) is 0 Å². The predicted molar refractivity (Wildman–Crippen MR) is 182 cm³/mol. The third-order valence-electron chi connectivity index (χ3n) is 6.88. The number of phenols is 1. The molecule has 0 amide bonds. The molecule has 0 bridgehead atoms. The van der Waals surface area contributed by atoms with E-state index >= 15 is 0 Å². The fourth-order valence-electron chi connectivity index (χ4n) is 4.39. The molecular formula is C28H22N5Na3O15S5. The summed E-state index contributed by atoms with van der Waals surface area (Å²) >= 11 is 0. The van der Waals surface area contributed by atoms with Gasteiger partial charge in [-0.05, 0) is 54.6 Å². The summed E-state index contributed by atoms with van der Waals surface area (Å²) in [5, 5.41) is 28.6. The fourth-order valence-corrected chi connectivity index (χ4v) is 7.53. The van der Waals surface area contributed by atoms with E-state index in [9.17, 15) is 60.9 Å². The quantitative estimate of drug-likeness (QED) is 0.0680. The van der Waals surface area contributed by atoms with Gasteiger partial charge in [0, 0.05) is 21.6 Å². The van der Waals surface area contributed by atoms with Crippen LogP contribution >= 0.6 is 0 Å². The van der Waals surface area contributed by atoms with E-state index < -0.39 is 104 Å². The van der Waals surface area contributed by atoms with Gasteiger partial charge in [0.25, 0.3) is 0 Å². The molecule has 0 heterocycles. The standard InChI is InChI=1S/C28H25N5O15S5.3Na/c1-4-49(35,36)16-7-11-23(48-3)22(12-16)31-33-27-25(53(45,46)47)14-19-18(28(27)34)8-10-21(29-15-51(39,40)41)26(19)32-30-20-9-6-17(50(37,38)5-2)13-24(20)52(42,43)44;;;/h4-14,29,34H,1-2,15H2,3H3,(H,39,40,41)(H,42,43,44)(H,45,46,47);;;/q;3*+1/p-3. The first-order valence-electron chi connectivity index (χ1n) is 13.8. The van der Waals surface area contributed by atoms with Crippen molar-refractivity contribution in [3.05, 3.63) is 78.6 Å². The second-order valence-corrected chi connectivity index (χ2v) is 18.1. The predicted octanol–water partition coefficient (Wildman–Crippen LogP) is -5.05. The number of hydrogen-bond donors (Lipinski definition) is 2. The molecule has 0 aliphatic carbocycles. The van der Waals surface area contributed by atoms with E-state index in [1.54, 1.807) is 0 Å². The molecule has 0 radical (unpaired) electrons. The zero-order chi connectivity index (χ0) is 39.7. The second-order valence-electron chi connectivity index (χ2n) is 10.2. The smallest absolute Gasteiger partial charge is 0.747 e. The minimum atomic E-state index is -5.61. The summed E-state index contributed by atoms with van der Waals surface area (Å²) in [6, 6.07) is 7.99. The summed E-state index contributed by atoms with van der Waals surface area (Å²) in [6.07, 6.45) is 0. The third kappa shape index (κ3) is 12.2. The molecule has 0 aliphatic heterocycles. The van der Waals surface area contributed by atoms with Crippen LogP contribution in [-0.4, -0.2) is 73.8 Å². The molecule has 0 saturated heterocycles. The van der Waals surface area contributed by atoms with E-state index in [0.717, 1.165) is 36.4 Å². The molecule has 0 atom stereocenters. The van der Waals surface area contributed by atoms with Gasteiger partial charge in [-0.15, -0.1) is 20.5 Å². The Morgan fingerprint density at radius 2 is 1.18 bits per heavy atom. The summed E-state index contributed by atoms with van der Waals surface area (Å²) in [7, 11) is -23.2. The Balaban J connectivity index is 0.00000523. The zero-order valence-electron chi connectivity index (χ0n) is 29.5. The molecule has 56 heavy (non-hydrogen) atoms. The first-order valence-corrected chi connectivity index (χ1v) is 21.2. The number of anilines is 1. The van der Waals surface area contributed by atoms with Gasteiger partial charge in [-0.25, -0.2) is 42.1 Å². The van der Waals surface area contributed by atoms with Crippen molar-refractivity contribution in [2.75, 3.05) is 18.3 Å². The summed E-state index contributed by atoms with van der Waals surface area (Å²) in [5.41, 5.74) is -3.13. The number of azo groups is 2. The molecule has 2 N–H and O–H groups in total. The molecule has 4 aromatic carbocycles. The van der Waals surface area contributed by atoms with Crippen LogP contribution in [0.25, 0.3) is 10.8 Å². The molecule has 0 saturated carbocycles. The number of rotatable bonds is 14. The van der Waals surface area contributed by atoms with E-state index in [2.05, 4.69) is 38.9 Å². The average molecular weight is 898 g/mol. The van der Waals surface area contributed by atoms with Crippen LogP contribution in [0.5, 0.6) is 11.5 Å². The number of ether oxygens (including phenoxy) is 1. The van der Waals surface area contributed by atoms with E-state index in [4.69, 9.17) is 4.74 Å². The number of fused-ring (bicyclic) bond motifs is 1. The van der Waals surface area contributed by atoms with E-state index in [1.165, 1.54) is 13.2 Å². The second kappa shape index (κ2) is 19.7. The Bertz CT molecular complexity index is 2840. The molecule has 0 fully saturated rings. The van der Waals surface area contributed by atoms with Crippen molar-refractivity contribution in [2.24, 2.45) is 20.5 Å². The molecule has 0 spiro atoms. The van der Waals surface area contributed by atoms with Gasteiger partial charge in [0.2, 0.25) is 0 Å². The number of hydrogen-bond acceptors (Lipinski definition) is 20. The molecule has 28 heteroatoms. The van der Waals surface area contributed by atoms with E-state index in [0.29, 0.717) is 22.9 Å². The number of aromatic hydroxyl groups is 1. The van der Waals surface area contributed by atoms with Crippen molar-refractivity contribution in [1.82, 2.24) is 0 Å². The maximum Gasteiger partial charge on any atom is 1.00 e. The summed E-state index contributed by atoms with van der Waals surface area (Å²) in [4.78, 5) is -3.47. The summed E-state index contributed by atoms with van der Waals surface area (Å²) in [6.45, 7) is 6.32. The van der Waals surface area contributed by atoms with Gasteiger partial charge in [-0.1, -0.05) is 13.2 Å². The van der Waals surface area contributed by atoms with Gasteiger partial charge >= 0.3 is 88.7 Å². The molecule has 0 unspecified atom stereocenters. The maximum atomic E-state index is 12.5. The Morgan fingerprint density at radius 1 is 0.661 bits per heavy atom. The first kappa shape index (κ1) is 51.9. The van der Waals surface area contributed by atoms with Gasteiger partial charge in [-0.2, -0.15) is 0 Å². The van der Waals surface area contributed by atoms with Crippen LogP contribution < -0.4 is 98.7 Å². The molecule has 4 rings (SSSR count). The van der Waals surface area contributed by atoms with Crippen molar-refractivity contribution in [3.63, 3.8) is 0 Å². The van der Waals surface area contributed by atoms with Gasteiger partial charge < -0.3 is 28.8 Å². The van der Waals surface area contributed by atoms with Gasteiger partial charge in [0.05, 0.1) is 32.4 Å². The minimum absolute atomic E-state index is 0. The van der Waals surface area contributed by atoms with Crippen molar-refractivity contribution in [1.29, 1.82) is 0 Å². The van der Waals surface area contributed by atoms with Gasteiger partial charge in [0.15, 0.2) is 25.4 Å². The first-order chi connectivity index (χ1) is 24.4. The minimum Gasteiger partial charge on any atom is -0.747 e. The molecule has 0 aliphatic rings. The largest absolute Gasteiger partial charge is 1.00 e. The van der Waals surface area contributed by atoms with Crippen molar-refractivity contribution in [3.8, 4) is 11.5 Å². The van der Waals surface area contributed by atoms with Crippen LogP contribution in [0.1, 0.15) is 0 Å². The number of sulfone groups is 2. The van der Waals surface area contributed by atoms with E-state index in [1.807, 2.05) is 0 Å². The number of methoxy groups -OCH3 is 1. The molecule has 4 aromatic rings. The third-order valence-corrected chi connectivity index (χ3v) is 11.8. The summed E-state index contributed by atoms with van der Waals surface area (Å²) in [5.74, 6) is -2.44. The average Bonchev–Trinajstić information content (AvgIpc) is 3.07. The topological polar surface area (TPSA) is 331 Å². The van der Waals surface area contributed by atoms with E-state index in [-0.39, 0.29) is 110 Å². The SMILES string of the molecule is C=CS(=O)(=O)c1ccc(OC)c(N=Nc2c(S(=O)(=O)[O-])cc3c(N=Nc4ccc(S(=O)(=O)C=C)cc4S(=O)(=O)[O-])c(NCS(=O)(=O)[O-])ccc3c2O)c1.[Na+].[Na+].[Na+]. The fraction of sp³-hybridized carbons (Fsp3) is 0.0714. The van der Waals surface area contributed by atoms with Crippen LogP contribution in [0.4, 0.5) is 28.4 Å². The van der Waals surface area contributed by atoms with Crippen molar-refractivity contribution < 1.29 is 154 Å². The van der Waals surface area contributed by atoms with Crippen molar-refractivity contribution in [2.45, 2.75) is 19.6 Å². The van der Waals surface area contributed by atoms with Crippen LogP contribution in [0.3, 0.4) is 0 Å². The molecule has 0 aromatic heterocycles. The van der Waals surface area contributed by atoms with Crippen LogP contribution in [0.15, 0.2) is 119 Å². The monoisotopic (exact) mass is 897 g/mol. The normalized spacial score (nSPS) is 12.4. The summed E-state index contributed by atoms with van der Waals surface area (Å²) < 4.78 is 162.